The molecule has 38 heavy (non-hydrogen) atoms. The maximum Gasteiger partial charge on any atom is 0.244 e. The second-order valence-electron chi connectivity index (χ2n) is 9.63. The van der Waals surface area contributed by atoms with Gasteiger partial charge in [-0.1, -0.05) is 82.2 Å². The molecule has 7 nitrogen and oxygen atoms in total. The van der Waals surface area contributed by atoms with Crippen molar-refractivity contribution in [3.63, 3.8) is 0 Å². The summed E-state index contributed by atoms with van der Waals surface area (Å²) in [6.07, 6.45) is 1.35. The van der Waals surface area contributed by atoms with Crippen molar-refractivity contribution in [3.8, 4) is 0 Å². The molecule has 0 aliphatic heterocycles. The van der Waals surface area contributed by atoms with Gasteiger partial charge in [-0.3, -0.25) is 13.9 Å². The van der Waals surface area contributed by atoms with Crippen LogP contribution in [0.4, 0.5) is 5.69 Å². The number of anilines is 1. The molecule has 202 valence electrons. The van der Waals surface area contributed by atoms with Crippen LogP contribution in [0.3, 0.4) is 0 Å². The first-order valence-electron chi connectivity index (χ1n) is 12.4. The Hall–Kier alpha value is -3.17. The second-order valence-corrected chi connectivity index (χ2v) is 12.5. The topological polar surface area (TPSA) is 86.8 Å². The molecule has 0 unspecified atom stereocenters. The van der Waals surface area contributed by atoms with E-state index in [1.54, 1.807) is 24.3 Å². The Bertz CT molecular complexity index is 1360. The van der Waals surface area contributed by atoms with Crippen molar-refractivity contribution in [2.24, 2.45) is 0 Å². The molecule has 2 amide bonds. The van der Waals surface area contributed by atoms with Gasteiger partial charge in [-0.25, -0.2) is 8.42 Å². The van der Waals surface area contributed by atoms with Gasteiger partial charge < -0.3 is 10.2 Å². The number of carbonyl (C=O) groups excluding carboxylic acids is 2. The predicted octanol–water partition coefficient (Wildman–Crippen LogP) is 4.69. The first kappa shape index (κ1) is 29.4. The Morgan fingerprint density at radius 2 is 1.58 bits per heavy atom. The van der Waals surface area contributed by atoms with Crippen LogP contribution in [0.1, 0.15) is 30.5 Å². The number of rotatable bonds is 11. The van der Waals surface area contributed by atoms with Crippen LogP contribution in [-0.4, -0.2) is 50.0 Å². The number of nitrogens with one attached hydrogen (secondary N) is 1. The largest absolute Gasteiger partial charge is 0.352 e. The molecule has 0 aliphatic carbocycles. The standard InChI is InChI=1S/C29H34BrN3O4S/c1-21(2)31-29(35)27(17-23-11-6-5-7-12-23)32(19-24-13-8-10-22(3)16-24)28(34)20-33(38(4,36)37)26-15-9-14-25(30)18-26/h5-16,18,21,27H,17,19-20H2,1-4H3,(H,31,35)/t27-/m1/s1. The highest BCUT2D eigenvalue weighted by atomic mass is 79.9. The third-order valence-corrected chi connectivity index (χ3v) is 7.55. The van der Waals surface area contributed by atoms with Crippen LogP contribution in [0, 0.1) is 6.92 Å². The monoisotopic (exact) mass is 599 g/mol. The summed E-state index contributed by atoms with van der Waals surface area (Å²) in [7, 11) is -3.80. The molecule has 0 saturated carbocycles. The van der Waals surface area contributed by atoms with E-state index in [1.165, 1.54) is 4.90 Å². The molecule has 0 heterocycles. The first-order valence-corrected chi connectivity index (χ1v) is 15.0. The SMILES string of the molecule is Cc1cccc(CN(C(=O)CN(c2cccc(Br)c2)S(C)(=O)=O)[C@H](Cc2ccccc2)C(=O)NC(C)C)c1. The van der Waals surface area contributed by atoms with Crippen molar-refractivity contribution in [1.82, 2.24) is 10.2 Å². The third kappa shape index (κ3) is 8.43. The third-order valence-electron chi connectivity index (χ3n) is 5.91. The highest BCUT2D eigenvalue weighted by Crippen LogP contribution is 2.23. The highest BCUT2D eigenvalue weighted by molar-refractivity contribution is 9.10. The molecule has 3 rings (SSSR count). The zero-order chi connectivity index (χ0) is 27.9. The van der Waals surface area contributed by atoms with E-state index in [0.29, 0.717) is 10.2 Å². The summed E-state index contributed by atoms with van der Waals surface area (Å²) in [6.45, 7) is 5.40. The van der Waals surface area contributed by atoms with E-state index in [2.05, 4.69) is 21.2 Å². The zero-order valence-electron chi connectivity index (χ0n) is 22.1. The van der Waals surface area contributed by atoms with Crippen molar-refractivity contribution in [1.29, 1.82) is 0 Å². The van der Waals surface area contributed by atoms with Gasteiger partial charge in [0.25, 0.3) is 0 Å². The Balaban J connectivity index is 2.06. The average molecular weight is 601 g/mol. The molecular formula is C29H34BrN3O4S. The van der Waals surface area contributed by atoms with E-state index < -0.39 is 28.5 Å². The molecule has 0 aliphatic rings. The molecule has 0 fully saturated rings. The van der Waals surface area contributed by atoms with Gasteiger partial charge in [-0.2, -0.15) is 0 Å². The number of benzene rings is 3. The molecule has 9 heteroatoms. The highest BCUT2D eigenvalue weighted by Gasteiger charge is 2.33. The molecule has 0 spiro atoms. The number of hydrogen-bond donors (Lipinski definition) is 1. The summed E-state index contributed by atoms with van der Waals surface area (Å²) in [5, 5.41) is 2.95. The molecule has 1 atom stereocenters. The van der Waals surface area contributed by atoms with Gasteiger partial charge in [0.15, 0.2) is 0 Å². The van der Waals surface area contributed by atoms with E-state index >= 15 is 0 Å². The fraction of sp³-hybridized carbons (Fsp3) is 0.310. The maximum atomic E-state index is 14.0. The Labute approximate surface area is 234 Å². The van der Waals surface area contributed by atoms with Crippen molar-refractivity contribution in [2.75, 3.05) is 17.1 Å². The maximum absolute atomic E-state index is 14.0. The minimum absolute atomic E-state index is 0.133. The molecule has 3 aromatic rings. The van der Waals surface area contributed by atoms with Crippen LogP contribution >= 0.6 is 15.9 Å². The van der Waals surface area contributed by atoms with Crippen LogP contribution in [-0.2, 0) is 32.6 Å². The lowest BCUT2D eigenvalue weighted by Crippen LogP contribution is -2.54. The average Bonchev–Trinajstić information content (AvgIpc) is 2.84. The molecule has 0 bridgehead atoms. The van der Waals surface area contributed by atoms with Gasteiger partial charge in [0.2, 0.25) is 21.8 Å². The fourth-order valence-electron chi connectivity index (χ4n) is 4.19. The lowest BCUT2D eigenvalue weighted by molar-refractivity contribution is -0.140. The Morgan fingerprint density at radius 1 is 0.921 bits per heavy atom. The quantitative estimate of drug-likeness (QED) is 0.346. The number of amides is 2. The summed E-state index contributed by atoms with van der Waals surface area (Å²) in [5.74, 6) is -0.769. The summed E-state index contributed by atoms with van der Waals surface area (Å²) in [4.78, 5) is 29.0. The number of carbonyl (C=O) groups is 2. The van der Waals surface area contributed by atoms with Crippen LogP contribution in [0.5, 0.6) is 0 Å². The number of sulfonamides is 1. The van der Waals surface area contributed by atoms with Gasteiger partial charge in [0.05, 0.1) is 11.9 Å². The summed E-state index contributed by atoms with van der Waals surface area (Å²) in [6, 6.07) is 23.0. The number of halogens is 1. The molecule has 0 radical (unpaired) electrons. The van der Waals surface area contributed by atoms with E-state index in [4.69, 9.17) is 0 Å². The zero-order valence-corrected chi connectivity index (χ0v) is 24.5. The van der Waals surface area contributed by atoms with Crippen molar-refractivity contribution >= 4 is 43.5 Å². The molecule has 0 saturated heterocycles. The van der Waals surface area contributed by atoms with Gasteiger partial charge in [0.1, 0.15) is 12.6 Å². The lowest BCUT2D eigenvalue weighted by Gasteiger charge is -2.34. The van der Waals surface area contributed by atoms with Crippen molar-refractivity contribution in [3.05, 3.63) is 100 Å². The Morgan fingerprint density at radius 3 is 2.18 bits per heavy atom. The van der Waals surface area contributed by atoms with Gasteiger partial charge in [-0.05, 0) is 50.1 Å². The molecule has 3 aromatic carbocycles. The Kier molecular flexibility index (Phi) is 10.1. The summed E-state index contributed by atoms with van der Waals surface area (Å²) in [5.41, 5.74) is 3.12. The molecular weight excluding hydrogens is 566 g/mol. The van der Waals surface area contributed by atoms with Gasteiger partial charge in [0, 0.05) is 23.5 Å². The minimum atomic E-state index is -3.80. The normalized spacial score (nSPS) is 12.2. The number of nitrogens with zero attached hydrogens (tertiary/aromatic N) is 2. The van der Waals surface area contributed by atoms with Crippen molar-refractivity contribution in [2.45, 2.75) is 45.8 Å². The van der Waals surface area contributed by atoms with Crippen LogP contribution in [0.2, 0.25) is 0 Å². The van der Waals surface area contributed by atoms with E-state index in [0.717, 1.165) is 27.3 Å². The van der Waals surface area contributed by atoms with Crippen LogP contribution < -0.4 is 9.62 Å². The smallest absolute Gasteiger partial charge is 0.244 e. The van der Waals surface area contributed by atoms with Crippen molar-refractivity contribution < 1.29 is 18.0 Å². The minimum Gasteiger partial charge on any atom is -0.352 e. The van der Waals surface area contributed by atoms with Crippen LogP contribution in [0.25, 0.3) is 0 Å². The second kappa shape index (κ2) is 13.1. The molecule has 1 N–H and O–H groups in total. The number of hydrogen-bond acceptors (Lipinski definition) is 4. The van der Waals surface area contributed by atoms with E-state index in [9.17, 15) is 18.0 Å². The predicted molar refractivity (Wildman–Crippen MR) is 155 cm³/mol. The van der Waals surface area contributed by atoms with Gasteiger partial charge >= 0.3 is 0 Å². The molecule has 0 aromatic heterocycles. The fourth-order valence-corrected chi connectivity index (χ4v) is 5.42. The van der Waals surface area contributed by atoms with Crippen LogP contribution in [0.15, 0.2) is 83.3 Å². The first-order chi connectivity index (χ1) is 17.9. The lowest BCUT2D eigenvalue weighted by atomic mass is 10.0. The summed E-state index contributed by atoms with van der Waals surface area (Å²) < 4.78 is 27.4. The summed E-state index contributed by atoms with van der Waals surface area (Å²) >= 11 is 3.38. The van der Waals surface area contributed by atoms with E-state index in [-0.39, 0.29) is 24.9 Å². The number of aryl methyl sites for hydroxylation is 1. The van der Waals surface area contributed by atoms with Gasteiger partial charge in [-0.15, -0.1) is 0 Å². The van der Waals surface area contributed by atoms with E-state index in [1.807, 2.05) is 75.4 Å².